The summed E-state index contributed by atoms with van der Waals surface area (Å²) < 4.78 is 7.09. The SMILES string of the molecule is COc1ccc(-c2nn(Cc3ccccc3)cc2C(=O)NCCCc2nc3ccccc3[nH]2)cc1. The van der Waals surface area contributed by atoms with E-state index < -0.39 is 0 Å². The van der Waals surface area contributed by atoms with Crippen LogP contribution in [-0.4, -0.2) is 39.3 Å². The molecule has 0 spiro atoms. The normalized spacial score (nSPS) is 11.0. The largest absolute Gasteiger partial charge is 0.497 e. The van der Waals surface area contributed by atoms with Gasteiger partial charge in [0.1, 0.15) is 17.3 Å². The minimum atomic E-state index is -0.139. The summed E-state index contributed by atoms with van der Waals surface area (Å²) in [7, 11) is 1.63. The molecule has 0 saturated carbocycles. The van der Waals surface area contributed by atoms with E-state index in [1.807, 2.05) is 89.7 Å². The van der Waals surface area contributed by atoms with Crippen LogP contribution >= 0.6 is 0 Å². The first-order valence-corrected chi connectivity index (χ1v) is 11.7. The Bertz CT molecular complexity index is 1390. The summed E-state index contributed by atoms with van der Waals surface area (Å²) in [4.78, 5) is 21.1. The van der Waals surface area contributed by atoms with Crippen LogP contribution in [0.2, 0.25) is 0 Å². The fourth-order valence-corrected chi connectivity index (χ4v) is 4.08. The molecule has 5 aromatic rings. The molecule has 2 heterocycles. The third-order valence-corrected chi connectivity index (χ3v) is 5.87. The molecule has 176 valence electrons. The Morgan fingerprint density at radius 2 is 1.77 bits per heavy atom. The fourth-order valence-electron chi connectivity index (χ4n) is 4.08. The third-order valence-electron chi connectivity index (χ3n) is 5.87. The number of H-pyrrole nitrogens is 1. The number of carbonyl (C=O) groups excluding carboxylic acids is 1. The number of fused-ring (bicyclic) bond motifs is 1. The van der Waals surface area contributed by atoms with Crippen LogP contribution < -0.4 is 10.1 Å². The summed E-state index contributed by atoms with van der Waals surface area (Å²) >= 11 is 0. The number of hydrogen-bond donors (Lipinski definition) is 2. The van der Waals surface area contributed by atoms with Gasteiger partial charge in [0, 0.05) is 24.7 Å². The van der Waals surface area contributed by atoms with Gasteiger partial charge in [-0.15, -0.1) is 0 Å². The molecule has 5 rings (SSSR count). The number of carbonyl (C=O) groups is 1. The average Bonchev–Trinajstić information content (AvgIpc) is 3.51. The highest BCUT2D eigenvalue weighted by molar-refractivity contribution is 5.99. The van der Waals surface area contributed by atoms with Crippen LogP contribution in [0.3, 0.4) is 0 Å². The Morgan fingerprint density at radius 3 is 2.54 bits per heavy atom. The number of amides is 1. The second kappa shape index (κ2) is 10.3. The summed E-state index contributed by atoms with van der Waals surface area (Å²) in [6.45, 7) is 1.13. The topological polar surface area (TPSA) is 84.8 Å². The lowest BCUT2D eigenvalue weighted by molar-refractivity contribution is 0.0953. The maximum absolute atomic E-state index is 13.2. The van der Waals surface area contributed by atoms with E-state index >= 15 is 0 Å². The maximum Gasteiger partial charge on any atom is 0.255 e. The van der Waals surface area contributed by atoms with Crippen LogP contribution in [0.15, 0.2) is 85.1 Å². The number of aromatic amines is 1. The Kier molecular flexibility index (Phi) is 6.57. The van der Waals surface area contributed by atoms with E-state index in [0.717, 1.165) is 46.6 Å². The third kappa shape index (κ3) is 5.24. The van der Waals surface area contributed by atoms with Crippen molar-refractivity contribution >= 4 is 16.9 Å². The van der Waals surface area contributed by atoms with E-state index in [-0.39, 0.29) is 5.91 Å². The molecule has 0 aliphatic carbocycles. The molecule has 0 atom stereocenters. The molecule has 0 bridgehead atoms. The highest BCUT2D eigenvalue weighted by Crippen LogP contribution is 2.25. The molecule has 0 unspecified atom stereocenters. The fraction of sp³-hybridized carbons (Fsp3) is 0.179. The van der Waals surface area contributed by atoms with Gasteiger partial charge in [-0.1, -0.05) is 42.5 Å². The van der Waals surface area contributed by atoms with Crippen molar-refractivity contribution in [2.24, 2.45) is 0 Å². The first kappa shape index (κ1) is 22.4. The predicted octanol–water partition coefficient (Wildman–Crippen LogP) is 4.85. The lowest BCUT2D eigenvalue weighted by Crippen LogP contribution is -2.25. The molecule has 35 heavy (non-hydrogen) atoms. The zero-order chi connectivity index (χ0) is 24.0. The van der Waals surface area contributed by atoms with Crippen molar-refractivity contribution in [3.8, 4) is 17.0 Å². The van der Waals surface area contributed by atoms with Crippen molar-refractivity contribution in [1.29, 1.82) is 0 Å². The quantitative estimate of drug-likeness (QED) is 0.305. The van der Waals surface area contributed by atoms with Gasteiger partial charge < -0.3 is 15.0 Å². The number of aromatic nitrogens is 4. The van der Waals surface area contributed by atoms with E-state index in [1.54, 1.807) is 7.11 Å². The van der Waals surface area contributed by atoms with Gasteiger partial charge in [-0.2, -0.15) is 5.10 Å². The molecule has 2 aromatic heterocycles. The Balaban J connectivity index is 1.29. The molecule has 0 radical (unpaired) electrons. The monoisotopic (exact) mass is 465 g/mol. The minimum absolute atomic E-state index is 0.139. The van der Waals surface area contributed by atoms with E-state index in [1.165, 1.54) is 0 Å². The van der Waals surface area contributed by atoms with Crippen LogP contribution in [0, 0.1) is 0 Å². The summed E-state index contributed by atoms with van der Waals surface area (Å²) in [5.41, 5.74) is 5.18. The van der Waals surface area contributed by atoms with Crippen LogP contribution in [0.5, 0.6) is 5.75 Å². The molecule has 3 aromatic carbocycles. The van der Waals surface area contributed by atoms with E-state index in [0.29, 0.717) is 24.3 Å². The summed E-state index contributed by atoms with van der Waals surface area (Å²) in [6.07, 6.45) is 3.36. The van der Waals surface area contributed by atoms with Gasteiger partial charge in [0.05, 0.1) is 30.3 Å². The molecule has 2 N–H and O–H groups in total. The number of imidazole rings is 1. The van der Waals surface area contributed by atoms with Crippen molar-refractivity contribution in [2.45, 2.75) is 19.4 Å². The molecule has 1 amide bonds. The number of para-hydroxylation sites is 2. The second-order valence-electron chi connectivity index (χ2n) is 8.36. The maximum atomic E-state index is 13.2. The predicted molar refractivity (Wildman–Crippen MR) is 137 cm³/mol. The zero-order valence-electron chi connectivity index (χ0n) is 19.6. The molecule has 0 aliphatic heterocycles. The first-order valence-electron chi connectivity index (χ1n) is 11.7. The zero-order valence-corrected chi connectivity index (χ0v) is 19.6. The Morgan fingerprint density at radius 1 is 1.00 bits per heavy atom. The van der Waals surface area contributed by atoms with Crippen molar-refractivity contribution in [3.05, 3.63) is 102 Å². The minimum Gasteiger partial charge on any atom is -0.497 e. The first-order chi connectivity index (χ1) is 17.2. The van der Waals surface area contributed by atoms with Gasteiger partial charge in [-0.25, -0.2) is 4.98 Å². The number of aryl methyl sites for hydroxylation is 1. The molecule has 0 fully saturated rings. The Labute approximate surface area is 203 Å². The van der Waals surface area contributed by atoms with Crippen LogP contribution in [0.4, 0.5) is 0 Å². The van der Waals surface area contributed by atoms with Crippen molar-refractivity contribution < 1.29 is 9.53 Å². The molecular weight excluding hydrogens is 438 g/mol. The molecule has 0 saturated heterocycles. The van der Waals surface area contributed by atoms with Crippen LogP contribution in [-0.2, 0) is 13.0 Å². The smallest absolute Gasteiger partial charge is 0.255 e. The van der Waals surface area contributed by atoms with Gasteiger partial charge in [-0.3, -0.25) is 9.48 Å². The van der Waals surface area contributed by atoms with Crippen molar-refractivity contribution in [3.63, 3.8) is 0 Å². The van der Waals surface area contributed by atoms with E-state index in [9.17, 15) is 4.79 Å². The van der Waals surface area contributed by atoms with Gasteiger partial charge in [0.25, 0.3) is 5.91 Å². The Hall–Kier alpha value is -4.39. The van der Waals surface area contributed by atoms with Gasteiger partial charge in [0.15, 0.2) is 0 Å². The highest BCUT2D eigenvalue weighted by Gasteiger charge is 2.18. The number of methoxy groups -OCH3 is 1. The average molecular weight is 466 g/mol. The molecule has 0 aliphatic rings. The summed E-state index contributed by atoms with van der Waals surface area (Å²) in [5, 5.41) is 7.81. The number of benzene rings is 3. The number of hydrogen-bond acceptors (Lipinski definition) is 4. The van der Waals surface area contributed by atoms with Gasteiger partial charge in [0.2, 0.25) is 0 Å². The van der Waals surface area contributed by atoms with Crippen LogP contribution in [0.25, 0.3) is 22.3 Å². The lowest BCUT2D eigenvalue weighted by atomic mass is 10.1. The molecule has 7 heteroatoms. The summed E-state index contributed by atoms with van der Waals surface area (Å²) in [6, 6.07) is 25.6. The molecule has 7 nitrogen and oxygen atoms in total. The van der Waals surface area contributed by atoms with E-state index in [4.69, 9.17) is 9.84 Å². The second-order valence-corrected chi connectivity index (χ2v) is 8.36. The number of ether oxygens (including phenoxy) is 1. The van der Waals surface area contributed by atoms with Gasteiger partial charge >= 0.3 is 0 Å². The summed E-state index contributed by atoms with van der Waals surface area (Å²) in [5.74, 6) is 1.55. The van der Waals surface area contributed by atoms with Crippen molar-refractivity contribution in [2.75, 3.05) is 13.7 Å². The number of nitrogens with one attached hydrogen (secondary N) is 2. The lowest BCUT2D eigenvalue weighted by Gasteiger charge is -2.06. The van der Waals surface area contributed by atoms with Gasteiger partial charge in [-0.05, 0) is 48.4 Å². The highest BCUT2D eigenvalue weighted by atomic mass is 16.5. The number of rotatable bonds is 9. The molecular formula is C28H27N5O2. The van der Waals surface area contributed by atoms with E-state index in [2.05, 4.69) is 15.3 Å². The van der Waals surface area contributed by atoms with Crippen molar-refractivity contribution in [1.82, 2.24) is 25.1 Å². The standard InChI is InChI=1S/C28H27N5O2/c1-35-22-15-13-21(14-16-22)27-23(19-33(32-27)18-20-8-3-2-4-9-20)28(34)29-17-7-12-26-30-24-10-5-6-11-25(24)31-26/h2-6,8-11,13-16,19H,7,12,17-18H2,1H3,(H,29,34)(H,30,31). The number of nitrogens with zero attached hydrogens (tertiary/aromatic N) is 3. The van der Waals surface area contributed by atoms with Crippen LogP contribution in [0.1, 0.15) is 28.2 Å².